The van der Waals surface area contributed by atoms with Crippen LogP contribution < -0.4 is 0 Å². The summed E-state index contributed by atoms with van der Waals surface area (Å²) in [4.78, 5) is 18.3. The summed E-state index contributed by atoms with van der Waals surface area (Å²) in [5.74, 6) is 0.414. The van der Waals surface area contributed by atoms with Crippen LogP contribution in [0.4, 0.5) is 0 Å². The van der Waals surface area contributed by atoms with Crippen LogP contribution in [0.1, 0.15) is 43.7 Å². The molecule has 0 fully saturated rings. The van der Waals surface area contributed by atoms with E-state index in [4.69, 9.17) is 11.6 Å². The number of rotatable bonds is 4. The molecule has 1 aromatic rings. The molecule has 0 aliphatic carbocycles. The predicted molar refractivity (Wildman–Crippen MR) is 75.0 cm³/mol. The second-order valence-corrected chi connectivity index (χ2v) is 5.31. The first kappa shape index (κ1) is 15.0. The van der Waals surface area contributed by atoms with Gasteiger partial charge in [0, 0.05) is 24.3 Å². The number of aromatic nitrogens is 1. The molecule has 1 amide bonds. The second kappa shape index (κ2) is 6.19. The molecule has 100 valence electrons. The van der Waals surface area contributed by atoms with E-state index in [0.717, 1.165) is 12.1 Å². The predicted octanol–water partition coefficient (Wildman–Crippen LogP) is 3.41. The van der Waals surface area contributed by atoms with Crippen molar-refractivity contribution in [1.29, 1.82) is 0 Å². The van der Waals surface area contributed by atoms with E-state index in [1.807, 2.05) is 27.0 Å². The lowest BCUT2D eigenvalue weighted by Crippen LogP contribution is -2.38. The first-order valence-corrected chi connectivity index (χ1v) is 6.68. The Kier molecular flexibility index (Phi) is 5.15. The summed E-state index contributed by atoms with van der Waals surface area (Å²) < 4.78 is 0. The van der Waals surface area contributed by atoms with Crippen molar-refractivity contribution in [2.45, 2.75) is 40.2 Å². The van der Waals surface area contributed by atoms with Gasteiger partial charge in [-0.3, -0.25) is 4.79 Å². The van der Waals surface area contributed by atoms with Crippen LogP contribution in [0.15, 0.2) is 12.1 Å². The third-order valence-corrected chi connectivity index (χ3v) is 3.55. The Balaban J connectivity index is 3.00. The minimum absolute atomic E-state index is 0.00444. The summed E-state index contributed by atoms with van der Waals surface area (Å²) in [6.07, 6.45) is 0.768. The van der Waals surface area contributed by atoms with Crippen molar-refractivity contribution >= 4 is 17.5 Å². The normalized spacial score (nSPS) is 12.6. The Bertz CT molecular complexity index is 432. The molecule has 1 unspecified atom stereocenters. The third kappa shape index (κ3) is 3.45. The zero-order chi connectivity index (χ0) is 13.9. The molecule has 0 bridgehead atoms. The van der Waals surface area contributed by atoms with Crippen molar-refractivity contribution in [1.82, 2.24) is 9.88 Å². The minimum atomic E-state index is -0.00444. The van der Waals surface area contributed by atoms with E-state index in [1.54, 1.807) is 11.0 Å². The molecular formula is C14H21ClN2O. The van der Waals surface area contributed by atoms with Crippen molar-refractivity contribution in [2.24, 2.45) is 5.92 Å². The monoisotopic (exact) mass is 268 g/mol. The molecule has 18 heavy (non-hydrogen) atoms. The summed E-state index contributed by atoms with van der Waals surface area (Å²) in [5, 5.41) is 0.378. The summed E-state index contributed by atoms with van der Waals surface area (Å²) in [6.45, 7) is 8.25. The Hall–Kier alpha value is -1.09. The summed E-state index contributed by atoms with van der Waals surface area (Å²) in [5.41, 5.74) is 1.46. The largest absolute Gasteiger partial charge is 0.339 e. The van der Waals surface area contributed by atoms with Crippen LogP contribution in [0, 0.1) is 5.92 Å². The van der Waals surface area contributed by atoms with Crippen molar-refractivity contribution in [2.75, 3.05) is 7.05 Å². The molecular weight excluding hydrogens is 248 g/mol. The Morgan fingerprint density at radius 3 is 2.50 bits per heavy atom. The fourth-order valence-corrected chi connectivity index (χ4v) is 1.92. The number of carbonyl (C=O) groups is 1. The van der Waals surface area contributed by atoms with Crippen molar-refractivity contribution < 1.29 is 4.79 Å². The van der Waals surface area contributed by atoms with Gasteiger partial charge in [-0.05, 0) is 31.4 Å². The van der Waals surface area contributed by atoms with E-state index in [1.165, 1.54) is 0 Å². The molecule has 1 aromatic heterocycles. The highest BCUT2D eigenvalue weighted by atomic mass is 35.5. The van der Waals surface area contributed by atoms with E-state index in [0.29, 0.717) is 16.6 Å². The molecule has 1 rings (SSSR count). The Morgan fingerprint density at radius 2 is 2.00 bits per heavy atom. The molecule has 0 spiro atoms. The first-order chi connectivity index (χ1) is 8.36. The number of hydrogen-bond donors (Lipinski definition) is 0. The second-order valence-electron chi connectivity index (χ2n) is 4.92. The zero-order valence-corrected chi connectivity index (χ0v) is 12.5. The zero-order valence-electron chi connectivity index (χ0n) is 11.7. The molecule has 0 N–H and O–H groups in total. The van der Waals surface area contributed by atoms with Crippen molar-refractivity contribution in [3.63, 3.8) is 0 Å². The average molecular weight is 269 g/mol. The maximum atomic E-state index is 12.4. The summed E-state index contributed by atoms with van der Waals surface area (Å²) >= 11 is 5.94. The molecule has 0 aromatic carbocycles. The average Bonchev–Trinajstić information content (AvgIpc) is 2.34. The molecule has 0 saturated carbocycles. The number of carbonyl (C=O) groups excluding carboxylic acids is 1. The SMILES string of the molecule is CCc1cc(C(=O)N(C)C(C)C(C)C)cc(Cl)n1. The fraction of sp³-hybridized carbons (Fsp3) is 0.571. The molecule has 0 aliphatic heterocycles. The van der Waals surface area contributed by atoms with Crippen LogP contribution in [-0.4, -0.2) is 28.9 Å². The third-order valence-electron chi connectivity index (χ3n) is 3.35. The van der Waals surface area contributed by atoms with Gasteiger partial charge < -0.3 is 4.90 Å². The van der Waals surface area contributed by atoms with Crippen LogP contribution in [0.25, 0.3) is 0 Å². The van der Waals surface area contributed by atoms with Gasteiger partial charge in [-0.25, -0.2) is 4.98 Å². The van der Waals surface area contributed by atoms with Gasteiger partial charge in [-0.15, -0.1) is 0 Å². The van der Waals surface area contributed by atoms with Crippen LogP contribution >= 0.6 is 11.6 Å². The highest BCUT2D eigenvalue weighted by Crippen LogP contribution is 2.16. The topological polar surface area (TPSA) is 33.2 Å². The summed E-state index contributed by atoms with van der Waals surface area (Å²) in [6, 6.07) is 3.64. The molecule has 3 nitrogen and oxygen atoms in total. The van der Waals surface area contributed by atoms with Gasteiger partial charge in [-0.1, -0.05) is 32.4 Å². The van der Waals surface area contributed by atoms with E-state index >= 15 is 0 Å². The lowest BCUT2D eigenvalue weighted by atomic mass is 10.0. The lowest BCUT2D eigenvalue weighted by Gasteiger charge is -2.28. The van der Waals surface area contributed by atoms with Gasteiger partial charge in [0.15, 0.2) is 0 Å². The van der Waals surface area contributed by atoms with E-state index in [9.17, 15) is 4.79 Å². The standard InChI is InChI=1S/C14H21ClN2O/c1-6-12-7-11(8-13(15)16-12)14(18)17(5)10(4)9(2)3/h7-10H,6H2,1-5H3. The highest BCUT2D eigenvalue weighted by molar-refractivity contribution is 6.29. The number of hydrogen-bond acceptors (Lipinski definition) is 2. The van der Waals surface area contributed by atoms with Gasteiger partial charge in [0.1, 0.15) is 5.15 Å². The minimum Gasteiger partial charge on any atom is -0.339 e. The van der Waals surface area contributed by atoms with E-state index in [2.05, 4.69) is 18.8 Å². The number of aryl methyl sites for hydroxylation is 1. The highest BCUT2D eigenvalue weighted by Gasteiger charge is 2.20. The number of halogens is 1. The van der Waals surface area contributed by atoms with Crippen LogP contribution in [-0.2, 0) is 6.42 Å². The maximum Gasteiger partial charge on any atom is 0.254 e. The Morgan fingerprint density at radius 1 is 1.39 bits per heavy atom. The van der Waals surface area contributed by atoms with Gasteiger partial charge in [0.2, 0.25) is 0 Å². The molecule has 1 atom stereocenters. The van der Waals surface area contributed by atoms with Crippen LogP contribution in [0.2, 0.25) is 5.15 Å². The molecule has 0 aliphatic rings. The molecule has 1 heterocycles. The van der Waals surface area contributed by atoms with E-state index < -0.39 is 0 Å². The molecule has 4 heteroatoms. The molecule has 0 saturated heterocycles. The maximum absolute atomic E-state index is 12.4. The van der Waals surface area contributed by atoms with Crippen LogP contribution in [0.5, 0.6) is 0 Å². The summed E-state index contributed by atoms with van der Waals surface area (Å²) in [7, 11) is 1.83. The van der Waals surface area contributed by atoms with Gasteiger partial charge >= 0.3 is 0 Å². The quantitative estimate of drug-likeness (QED) is 0.784. The van der Waals surface area contributed by atoms with Gasteiger partial charge in [0.25, 0.3) is 5.91 Å². The fourth-order valence-electron chi connectivity index (χ4n) is 1.69. The number of amides is 1. The van der Waals surface area contributed by atoms with Gasteiger partial charge in [0.05, 0.1) is 0 Å². The smallest absolute Gasteiger partial charge is 0.254 e. The number of pyridine rings is 1. The Labute approximate surface area is 114 Å². The lowest BCUT2D eigenvalue weighted by molar-refractivity contribution is 0.0707. The van der Waals surface area contributed by atoms with Crippen LogP contribution in [0.3, 0.4) is 0 Å². The first-order valence-electron chi connectivity index (χ1n) is 6.30. The van der Waals surface area contributed by atoms with Gasteiger partial charge in [-0.2, -0.15) is 0 Å². The molecule has 0 radical (unpaired) electrons. The van der Waals surface area contributed by atoms with Crippen molar-refractivity contribution in [3.8, 4) is 0 Å². The van der Waals surface area contributed by atoms with Crippen molar-refractivity contribution in [3.05, 3.63) is 28.5 Å². The van der Waals surface area contributed by atoms with E-state index in [-0.39, 0.29) is 11.9 Å². The number of nitrogens with zero attached hydrogens (tertiary/aromatic N) is 2.